The molecule has 0 bridgehead atoms. The first-order valence-corrected chi connectivity index (χ1v) is 15.9. The Bertz CT molecular complexity index is 1750. The van der Waals surface area contributed by atoms with E-state index in [9.17, 15) is 13.9 Å². The smallest absolute Gasteiger partial charge is 0.312 e. The second kappa shape index (κ2) is 10.3. The van der Waals surface area contributed by atoms with E-state index in [0.717, 1.165) is 57.5 Å². The summed E-state index contributed by atoms with van der Waals surface area (Å²) in [6.45, 7) is 10.2. The molecule has 1 unspecified atom stereocenters. The maximum atomic E-state index is 13.3. The summed E-state index contributed by atoms with van der Waals surface area (Å²) in [5.74, 6) is -0.430. The molecule has 4 aromatic rings. The van der Waals surface area contributed by atoms with Crippen molar-refractivity contribution in [3.63, 3.8) is 0 Å². The molecule has 43 heavy (non-hydrogen) atoms. The van der Waals surface area contributed by atoms with E-state index in [4.69, 9.17) is 9.47 Å². The Morgan fingerprint density at radius 3 is 2.58 bits per heavy atom. The molecule has 2 aliphatic rings. The first-order chi connectivity index (χ1) is 20.3. The summed E-state index contributed by atoms with van der Waals surface area (Å²) in [5, 5.41) is 9.62. The molecule has 0 saturated heterocycles. The molecular weight excluding hydrogens is 566 g/mol. The number of nitrogens with zero attached hydrogens (tertiary/aromatic N) is 5. The number of aryl methyl sites for hydroxylation is 4. The van der Waals surface area contributed by atoms with Crippen LogP contribution >= 0.6 is 10.8 Å². The highest BCUT2D eigenvalue weighted by molar-refractivity contribution is 8.22. The van der Waals surface area contributed by atoms with Gasteiger partial charge in [-0.05, 0) is 87.9 Å². The Morgan fingerprint density at radius 2 is 1.88 bits per heavy atom. The van der Waals surface area contributed by atoms with Gasteiger partial charge in [-0.1, -0.05) is 18.2 Å². The van der Waals surface area contributed by atoms with Crippen molar-refractivity contribution in [1.29, 1.82) is 0 Å². The molecule has 1 saturated carbocycles. The fourth-order valence-electron chi connectivity index (χ4n) is 6.23. The van der Waals surface area contributed by atoms with Crippen molar-refractivity contribution in [2.45, 2.75) is 70.4 Å². The summed E-state index contributed by atoms with van der Waals surface area (Å²) < 4.78 is 38.7. The number of hydrogen-bond acceptors (Lipinski definition) is 9. The molecule has 6 rings (SSSR count). The minimum Gasteiger partial charge on any atom is -0.469 e. The lowest BCUT2D eigenvalue weighted by molar-refractivity contribution is -0.151. The van der Waals surface area contributed by atoms with Crippen LogP contribution < -0.4 is 4.74 Å². The van der Waals surface area contributed by atoms with Crippen LogP contribution in [0, 0.1) is 26.2 Å². The third-order valence-electron chi connectivity index (χ3n) is 8.91. The Balaban J connectivity index is 1.45. The molecule has 1 spiro atoms. The predicted molar refractivity (Wildman–Crippen MR) is 165 cm³/mol. The number of pyridine rings is 1. The van der Waals surface area contributed by atoms with Gasteiger partial charge >= 0.3 is 5.97 Å². The number of aromatic nitrogens is 4. The normalized spacial score (nSPS) is 18.9. The van der Waals surface area contributed by atoms with Crippen LogP contribution in [0.3, 0.4) is 0 Å². The van der Waals surface area contributed by atoms with Gasteiger partial charge in [-0.25, -0.2) is 4.98 Å². The van der Waals surface area contributed by atoms with Crippen LogP contribution in [0.1, 0.15) is 66.2 Å². The van der Waals surface area contributed by atoms with Gasteiger partial charge in [-0.2, -0.15) is 9.40 Å². The van der Waals surface area contributed by atoms with Gasteiger partial charge < -0.3 is 14.0 Å². The van der Waals surface area contributed by atoms with E-state index in [1.165, 1.54) is 7.11 Å². The zero-order chi connectivity index (χ0) is 30.9. The lowest BCUT2D eigenvalue weighted by Gasteiger charge is -2.42. The topological polar surface area (TPSA) is 123 Å². The Kier molecular flexibility index (Phi) is 7.08. The van der Waals surface area contributed by atoms with Gasteiger partial charge in [0, 0.05) is 36.8 Å². The Hall–Kier alpha value is -3.51. The second-order valence-corrected chi connectivity index (χ2v) is 14.6. The first-order valence-electron chi connectivity index (χ1n) is 14.4. The number of esters is 1. The fourth-order valence-corrected chi connectivity index (χ4v) is 7.92. The van der Waals surface area contributed by atoms with E-state index in [2.05, 4.69) is 27.3 Å². The molecule has 11 heteroatoms. The van der Waals surface area contributed by atoms with Crippen LogP contribution in [-0.4, -0.2) is 58.4 Å². The maximum Gasteiger partial charge on any atom is 0.312 e. The Labute approximate surface area is 253 Å². The van der Waals surface area contributed by atoms with Crippen molar-refractivity contribution in [2.75, 3.05) is 13.7 Å². The minimum absolute atomic E-state index is 0.283. The summed E-state index contributed by atoms with van der Waals surface area (Å²) in [6.07, 6.45) is 3.34. The number of methoxy groups -OCH3 is 1. The van der Waals surface area contributed by atoms with Gasteiger partial charge in [0.25, 0.3) is 0 Å². The molecule has 1 aliphatic heterocycles. The van der Waals surface area contributed by atoms with Crippen molar-refractivity contribution in [3.05, 3.63) is 76.2 Å². The summed E-state index contributed by atoms with van der Waals surface area (Å²) in [7, 11) is -0.0488. The van der Waals surface area contributed by atoms with Gasteiger partial charge in [0.2, 0.25) is 5.88 Å². The summed E-state index contributed by atoms with van der Waals surface area (Å²) in [5.41, 5.74) is 4.69. The third-order valence-corrected chi connectivity index (χ3v) is 10.8. The number of hydrogen-bond donors (Lipinski definition) is 2. The molecule has 1 aliphatic carbocycles. The van der Waals surface area contributed by atoms with Gasteiger partial charge in [0.15, 0.2) is 5.65 Å². The molecule has 0 amide bonds. The largest absolute Gasteiger partial charge is 0.469 e. The van der Waals surface area contributed by atoms with E-state index in [0.29, 0.717) is 17.3 Å². The summed E-state index contributed by atoms with van der Waals surface area (Å²) >= 11 is 0. The van der Waals surface area contributed by atoms with Crippen molar-refractivity contribution >= 4 is 27.8 Å². The van der Waals surface area contributed by atoms with Crippen LogP contribution in [0.15, 0.2) is 47.5 Å². The zero-order valence-electron chi connectivity index (χ0n) is 25.7. The van der Waals surface area contributed by atoms with Crippen LogP contribution in [0.25, 0.3) is 11.0 Å². The Morgan fingerprint density at radius 1 is 1.14 bits per heavy atom. The molecule has 10 nitrogen and oxygen atoms in total. The lowest BCUT2D eigenvalue weighted by Crippen LogP contribution is -2.36. The highest BCUT2D eigenvalue weighted by Gasteiger charge is 2.52. The average Bonchev–Trinajstić information content (AvgIpc) is 3.66. The molecule has 0 radical (unpaired) electrons. The average molecular weight is 606 g/mol. The molecule has 228 valence electrons. The molecule has 1 atom stereocenters. The first kappa shape index (κ1) is 29.6. The van der Waals surface area contributed by atoms with E-state index in [1.807, 2.05) is 64.4 Å². The monoisotopic (exact) mass is 605 g/mol. The van der Waals surface area contributed by atoms with Crippen molar-refractivity contribution in [3.8, 4) is 5.88 Å². The SMILES string of the molecule is COC(=O)C(C)(C)C(c1ccc(C)c(CN2CC3(CC3)Oc3ncc(C)cc3S2(O)O)c1)c1cc2cc(C)nnc2n1C. The molecule has 1 aromatic carbocycles. The molecule has 4 heterocycles. The lowest BCUT2D eigenvalue weighted by atomic mass is 9.72. The number of carbonyl (C=O) groups excluding carboxylic acids is 1. The molecule has 1 fully saturated rings. The number of benzene rings is 1. The number of rotatable bonds is 6. The minimum atomic E-state index is -3.39. The predicted octanol–water partition coefficient (Wildman–Crippen LogP) is 6.07. The van der Waals surface area contributed by atoms with E-state index >= 15 is 0 Å². The van der Waals surface area contributed by atoms with Gasteiger partial charge in [0.1, 0.15) is 10.5 Å². The fraction of sp³-hybridized carbons (Fsp3) is 0.438. The number of carbonyl (C=O) groups is 1. The van der Waals surface area contributed by atoms with Crippen LogP contribution in [0.4, 0.5) is 0 Å². The molecular formula is C32H39N5O5S. The quantitative estimate of drug-likeness (QED) is 0.252. The molecule has 2 N–H and O–H groups in total. The van der Waals surface area contributed by atoms with E-state index < -0.39 is 27.7 Å². The standard InChI is InChI=1S/C32H39N5O5S/c1-19-12-26-29(33-16-19)42-32(10-11-32)18-37(43(26,39)40)17-24-14-22(9-8-20(24)2)27(31(4,5)30(38)41-7)25-15-23-13-21(3)34-35-28(23)36(25)6/h8-9,12-16,27,39-40H,10-11,17-18H2,1-7H3. The maximum absolute atomic E-state index is 13.3. The summed E-state index contributed by atoms with van der Waals surface area (Å²) in [6, 6.07) is 12.0. The van der Waals surface area contributed by atoms with Crippen molar-refractivity contribution in [2.24, 2.45) is 12.5 Å². The van der Waals surface area contributed by atoms with E-state index in [-0.39, 0.29) is 12.5 Å². The highest BCUT2D eigenvalue weighted by atomic mass is 32.3. The number of fused-ring (bicyclic) bond motifs is 2. The van der Waals surface area contributed by atoms with Gasteiger partial charge in [-0.3, -0.25) is 13.9 Å². The number of ether oxygens (including phenoxy) is 2. The van der Waals surface area contributed by atoms with Crippen LogP contribution in [0.2, 0.25) is 0 Å². The van der Waals surface area contributed by atoms with Crippen LogP contribution in [-0.2, 0) is 23.1 Å². The van der Waals surface area contributed by atoms with Crippen LogP contribution in [0.5, 0.6) is 5.88 Å². The van der Waals surface area contributed by atoms with E-state index in [1.54, 1.807) is 16.6 Å². The van der Waals surface area contributed by atoms with Crippen molar-refractivity contribution in [1.82, 2.24) is 24.1 Å². The second-order valence-electron chi connectivity index (χ2n) is 12.6. The van der Waals surface area contributed by atoms with Crippen molar-refractivity contribution < 1.29 is 23.4 Å². The zero-order valence-corrected chi connectivity index (χ0v) is 26.5. The highest BCUT2D eigenvalue weighted by Crippen LogP contribution is 2.61. The summed E-state index contributed by atoms with van der Waals surface area (Å²) in [4.78, 5) is 18.0. The molecule has 3 aromatic heterocycles. The van der Waals surface area contributed by atoms with Gasteiger partial charge in [0.05, 0.1) is 24.8 Å². The van der Waals surface area contributed by atoms with Gasteiger partial charge in [-0.15, -0.1) is 15.9 Å². The third kappa shape index (κ3) is 5.08.